The van der Waals surface area contributed by atoms with E-state index in [1.807, 2.05) is 0 Å². The Balaban J connectivity index is 1.86. The lowest BCUT2D eigenvalue weighted by molar-refractivity contribution is -0.148. The number of carbonyl (C=O) groups excluding carboxylic acids is 1. The van der Waals surface area contributed by atoms with Gasteiger partial charge in [0.05, 0.1) is 0 Å². The summed E-state index contributed by atoms with van der Waals surface area (Å²) in [5.41, 5.74) is 0. The highest BCUT2D eigenvalue weighted by atomic mass is 16.5. The lowest BCUT2D eigenvalue weighted by atomic mass is 9.73. The van der Waals surface area contributed by atoms with Crippen LogP contribution in [0.1, 0.15) is 52.9 Å². The van der Waals surface area contributed by atoms with E-state index in [2.05, 4.69) is 13.8 Å². The molecule has 0 amide bonds. The maximum Gasteiger partial charge on any atom is 0.302 e. The van der Waals surface area contributed by atoms with Gasteiger partial charge in [0.25, 0.3) is 0 Å². The summed E-state index contributed by atoms with van der Waals surface area (Å²) >= 11 is 0. The van der Waals surface area contributed by atoms with Crippen LogP contribution in [0.3, 0.4) is 0 Å². The van der Waals surface area contributed by atoms with E-state index >= 15 is 0 Å². The molecule has 0 spiro atoms. The summed E-state index contributed by atoms with van der Waals surface area (Å²) < 4.78 is 10.6. The minimum Gasteiger partial charge on any atom is -0.463 e. The Hall–Kier alpha value is -0.570. The molecule has 2 saturated carbocycles. The SMILES string of the molecule is COCCCC(CC1CC2CC1C(C)C2C)OC(C)=O. The molecule has 2 aliphatic rings. The molecular weight excluding hydrogens is 252 g/mol. The zero-order valence-electron chi connectivity index (χ0n) is 13.4. The molecule has 0 aromatic rings. The molecule has 116 valence electrons. The van der Waals surface area contributed by atoms with Crippen molar-refractivity contribution >= 4 is 5.97 Å². The summed E-state index contributed by atoms with van der Waals surface area (Å²) in [4.78, 5) is 11.3. The van der Waals surface area contributed by atoms with Crippen LogP contribution in [0.25, 0.3) is 0 Å². The number of hydrogen-bond donors (Lipinski definition) is 0. The number of esters is 1. The predicted molar refractivity (Wildman–Crippen MR) is 79.3 cm³/mol. The van der Waals surface area contributed by atoms with E-state index < -0.39 is 0 Å². The van der Waals surface area contributed by atoms with Gasteiger partial charge in [-0.05, 0) is 61.7 Å². The number of methoxy groups -OCH3 is 1. The van der Waals surface area contributed by atoms with Crippen molar-refractivity contribution in [1.29, 1.82) is 0 Å². The third-order valence-corrected chi connectivity index (χ3v) is 5.81. The van der Waals surface area contributed by atoms with Crippen molar-refractivity contribution in [2.75, 3.05) is 13.7 Å². The van der Waals surface area contributed by atoms with Gasteiger partial charge in [-0.2, -0.15) is 0 Å². The molecule has 3 heteroatoms. The van der Waals surface area contributed by atoms with Crippen LogP contribution in [0.5, 0.6) is 0 Å². The Morgan fingerprint density at radius 3 is 2.55 bits per heavy atom. The van der Waals surface area contributed by atoms with Gasteiger partial charge in [0.1, 0.15) is 6.10 Å². The van der Waals surface area contributed by atoms with Crippen LogP contribution >= 0.6 is 0 Å². The Labute approximate surface area is 123 Å². The van der Waals surface area contributed by atoms with Gasteiger partial charge in [-0.1, -0.05) is 13.8 Å². The topological polar surface area (TPSA) is 35.5 Å². The molecular formula is C17H30O3. The van der Waals surface area contributed by atoms with E-state index in [4.69, 9.17) is 9.47 Å². The molecule has 0 N–H and O–H groups in total. The zero-order valence-corrected chi connectivity index (χ0v) is 13.4. The quantitative estimate of drug-likeness (QED) is 0.528. The van der Waals surface area contributed by atoms with Crippen LogP contribution in [-0.2, 0) is 14.3 Å². The third kappa shape index (κ3) is 3.55. The molecule has 6 unspecified atom stereocenters. The highest BCUT2D eigenvalue weighted by Gasteiger charge is 2.48. The normalized spacial score (nSPS) is 37.1. The van der Waals surface area contributed by atoms with Crippen molar-refractivity contribution in [3.8, 4) is 0 Å². The van der Waals surface area contributed by atoms with Crippen molar-refractivity contribution in [3.63, 3.8) is 0 Å². The number of fused-ring (bicyclic) bond motifs is 2. The maximum atomic E-state index is 11.3. The van der Waals surface area contributed by atoms with Gasteiger partial charge in [-0.3, -0.25) is 4.79 Å². The molecule has 0 saturated heterocycles. The lowest BCUT2D eigenvalue weighted by Gasteiger charge is -2.33. The first-order valence-electron chi connectivity index (χ1n) is 8.19. The zero-order chi connectivity index (χ0) is 14.7. The number of hydrogen-bond acceptors (Lipinski definition) is 3. The monoisotopic (exact) mass is 282 g/mol. The van der Waals surface area contributed by atoms with E-state index in [0.717, 1.165) is 55.5 Å². The van der Waals surface area contributed by atoms with Crippen LogP contribution in [0, 0.1) is 29.6 Å². The molecule has 6 atom stereocenters. The van der Waals surface area contributed by atoms with Gasteiger partial charge < -0.3 is 9.47 Å². The van der Waals surface area contributed by atoms with E-state index in [1.165, 1.54) is 19.8 Å². The fourth-order valence-corrected chi connectivity index (χ4v) is 4.62. The van der Waals surface area contributed by atoms with Gasteiger partial charge in [0.15, 0.2) is 0 Å². The molecule has 2 aliphatic carbocycles. The minimum absolute atomic E-state index is 0.0921. The fraction of sp³-hybridized carbons (Fsp3) is 0.941. The summed E-state index contributed by atoms with van der Waals surface area (Å²) in [7, 11) is 1.72. The Kier molecular flexibility index (Phi) is 5.48. The van der Waals surface area contributed by atoms with Crippen molar-refractivity contribution in [1.82, 2.24) is 0 Å². The van der Waals surface area contributed by atoms with Crippen LogP contribution in [-0.4, -0.2) is 25.8 Å². The molecule has 0 radical (unpaired) electrons. The van der Waals surface area contributed by atoms with Gasteiger partial charge in [0, 0.05) is 20.6 Å². The first-order chi connectivity index (χ1) is 9.52. The summed E-state index contributed by atoms with van der Waals surface area (Å²) in [6.45, 7) is 7.09. The second-order valence-corrected chi connectivity index (χ2v) is 6.98. The lowest BCUT2D eigenvalue weighted by Crippen LogP contribution is -2.29. The maximum absolute atomic E-state index is 11.3. The van der Waals surface area contributed by atoms with Crippen molar-refractivity contribution < 1.29 is 14.3 Å². The summed E-state index contributed by atoms with van der Waals surface area (Å²) in [6, 6.07) is 0. The Morgan fingerprint density at radius 1 is 1.25 bits per heavy atom. The fourth-order valence-electron chi connectivity index (χ4n) is 4.62. The van der Waals surface area contributed by atoms with Crippen LogP contribution in [0.15, 0.2) is 0 Å². The van der Waals surface area contributed by atoms with Crippen LogP contribution in [0.4, 0.5) is 0 Å². The standard InChI is InChI=1S/C17H30O3/c1-11-12(2)17-10-14(11)8-15(17)9-16(20-13(3)18)6-5-7-19-4/h11-12,14-17H,5-10H2,1-4H3. The number of ether oxygens (including phenoxy) is 2. The average molecular weight is 282 g/mol. The smallest absolute Gasteiger partial charge is 0.302 e. The first-order valence-corrected chi connectivity index (χ1v) is 8.19. The summed E-state index contributed by atoms with van der Waals surface area (Å²) in [6.07, 6.45) is 5.80. The van der Waals surface area contributed by atoms with E-state index in [1.54, 1.807) is 7.11 Å². The molecule has 0 heterocycles. The highest BCUT2D eigenvalue weighted by Crippen LogP contribution is 2.56. The highest BCUT2D eigenvalue weighted by molar-refractivity contribution is 5.66. The largest absolute Gasteiger partial charge is 0.463 e. The van der Waals surface area contributed by atoms with Gasteiger partial charge >= 0.3 is 5.97 Å². The van der Waals surface area contributed by atoms with Gasteiger partial charge in [-0.25, -0.2) is 0 Å². The predicted octanol–water partition coefficient (Wildman–Crippen LogP) is 3.66. The minimum atomic E-state index is -0.142. The average Bonchev–Trinajstić information content (AvgIpc) is 2.90. The molecule has 0 aromatic carbocycles. The van der Waals surface area contributed by atoms with Crippen LogP contribution in [0.2, 0.25) is 0 Å². The number of rotatable bonds is 7. The summed E-state index contributed by atoms with van der Waals surface area (Å²) in [5.74, 6) is 4.12. The van der Waals surface area contributed by atoms with Gasteiger partial charge in [-0.15, -0.1) is 0 Å². The summed E-state index contributed by atoms with van der Waals surface area (Å²) in [5, 5.41) is 0. The van der Waals surface area contributed by atoms with Crippen LogP contribution < -0.4 is 0 Å². The van der Waals surface area contributed by atoms with E-state index in [-0.39, 0.29) is 12.1 Å². The first kappa shape index (κ1) is 15.8. The van der Waals surface area contributed by atoms with Crippen molar-refractivity contribution in [2.24, 2.45) is 29.6 Å². The molecule has 20 heavy (non-hydrogen) atoms. The molecule has 0 aliphatic heterocycles. The van der Waals surface area contributed by atoms with Crippen molar-refractivity contribution in [3.05, 3.63) is 0 Å². The van der Waals surface area contributed by atoms with E-state index in [9.17, 15) is 4.79 Å². The molecule has 0 aromatic heterocycles. The second kappa shape index (κ2) is 6.93. The molecule has 2 rings (SSSR count). The molecule has 3 nitrogen and oxygen atoms in total. The third-order valence-electron chi connectivity index (χ3n) is 5.81. The van der Waals surface area contributed by atoms with E-state index in [0.29, 0.717) is 0 Å². The Bertz CT molecular complexity index is 326. The number of carbonyl (C=O) groups is 1. The van der Waals surface area contributed by atoms with Gasteiger partial charge in [0.2, 0.25) is 0 Å². The second-order valence-electron chi connectivity index (χ2n) is 6.98. The molecule has 2 fully saturated rings. The van der Waals surface area contributed by atoms with Crippen molar-refractivity contribution in [2.45, 2.75) is 59.0 Å². The molecule has 2 bridgehead atoms. The Morgan fingerprint density at radius 2 is 2.00 bits per heavy atom.